The third-order valence-electron chi connectivity index (χ3n) is 7.06. The summed E-state index contributed by atoms with van der Waals surface area (Å²) in [6.45, 7) is 6.50. The zero-order valence-corrected chi connectivity index (χ0v) is 22.8. The highest BCUT2D eigenvalue weighted by atomic mass is 32.2. The fraction of sp³-hybridized carbons (Fsp3) is 0.429. The Labute approximate surface area is 227 Å². The normalized spacial score (nSPS) is 21.2. The van der Waals surface area contributed by atoms with Crippen LogP contribution >= 0.6 is 0 Å². The van der Waals surface area contributed by atoms with Crippen LogP contribution in [0.3, 0.4) is 0 Å². The first-order valence-corrected chi connectivity index (χ1v) is 14.0. The van der Waals surface area contributed by atoms with E-state index in [1.807, 2.05) is 32.1 Å². The Bertz CT molecular complexity index is 1480. The van der Waals surface area contributed by atoms with Crippen molar-refractivity contribution in [3.63, 3.8) is 0 Å². The van der Waals surface area contributed by atoms with Gasteiger partial charge in [0.1, 0.15) is 0 Å². The van der Waals surface area contributed by atoms with E-state index < -0.39 is 37.4 Å². The standard InChI is InChI=1S/C28H30N2O8S/c1-4-5-14-29(39(33,34)26-9-7-6-8-22(26)30(31)32)23-16-28(37-17-27(2,3)18-38-28)13-12-21(23)20-10-11-24-25(15-20)36-19-35-24/h6-12,15,23H,13-14,16-19H2,1-3H3. The number of fused-ring (bicyclic) bond motifs is 1. The van der Waals surface area contributed by atoms with Crippen LogP contribution in [0.15, 0.2) is 53.4 Å². The van der Waals surface area contributed by atoms with Crippen molar-refractivity contribution in [1.29, 1.82) is 0 Å². The third-order valence-corrected chi connectivity index (χ3v) is 8.96. The maximum Gasteiger partial charge on any atom is 0.289 e. The fourth-order valence-electron chi connectivity index (χ4n) is 4.98. The minimum Gasteiger partial charge on any atom is -0.454 e. The van der Waals surface area contributed by atoms with Gasteiger partial charge in [-0.25, -0.2) is 8.42 Å². The SMILES string of the molecule is CC#CCN(C1CC2(CC=C1c1ccc3c(c1)OCO3)OCC(C)(C)CO2)S(=O)(=O)c1ccccc1[N+](=O)[O-]. The molecule has 11 heteroatoms. The molecule has 0 aromatic heterocycles. The minimum absolute atomic E-state index is 0.103. The molecule has 2 aromatic carbocycles. The van der Waals surface area contributed by atoms with E-state index in [1.54, 1.807) is 13.0 Å². The van der Waals surface area contributed by atoms with E-state index in [1.165, 1.54) is 28.6 Å². The highest BCUT2D eigenvalue weighted by Gasteiger charge is 2.48. The molecule has 0 saturated carbocycles. The van der Waals surface area contributed by atoms with Gasteiger partial charge in [-0.1, -0.05) is 44.0 Å². The van der Waals surface area contributed by atoms with Gasteiger partial charge in [-0.3, -0.25) is 10.1 Å². The van der Waals surface area contributed by atoms with Gasteiger partial charge < -0.3 is 18.9 Å². The summed E-state index contributed by atoms with van der Waals surface area (Å²) in [5.74, 6) is 5.73. The maximum absolute atomic E-state index is 14.2. The van der Waals surface area contributed by atoms with Crippen molar-refractivity contribution in [2.24, 2.45) is 5.41 Å². The van der Waals surface area contributed by atoms with E-state index in [0.29, 0.717) is 36.7 Å². The van der Waals surface area contributed by atoms with Crippen LogP contribution in [0.2, 0.25) is 0 Å². The topological polar surface area (TPSA) is 117 Å². The number of ether oxygens (including phenoxy) is 4. The summed E-state index contributed by atoms with van der Waals surface area (Å²) in [5.41, 5.74) is 0.753. The zero-order chi connectivity index (χ0) is 27.8. The van der Waals surface area contributed by atoms with Gasteiger partial charge in [-0.05, 0) is 36.3 Å². The molecule has 39 heavy (non-hydrogen) atoms. The molecule has 2 aromatic rings. The predicted octanol–water partition coefficient (Wildman–Crippen LogP) is 4.35. The first kappa shape index (κ1) is 27.1. The molecule has 0 bridgehead atoms. The molecule has 2 heterocycles. The highest BCUT2D eigenvalue weighted by Crippen LogP contribution is 2.45. The van der Waals surface area contributed by atoms with Crippen LogP contribution in [0.25, 0.3) is 5.57 Å². The van der Waals surface area contributed by atoms with Crippen molar-refractivity contribution < 1.29 is 32.3 Å². The molecule has 1 atom stereocenters. The lowest BCUT2D eigenvalue weighted by Gasteiger charge is -2.48. The number of nitro benzene ring substituents is 1. The monoisotopic (exact) mass is 554 g/mol. The zero-order valence-electron chi connectivity index (χ0n) is 22.0. The fourth-order valence-corrected chi connectivity index (χ4v) is 6.65. The molecule has 5 rings (SSSR count). The van der Waals surface area contributed by atoms with Gasteiger partial charge in [0.05, 0.1) is 30.7 Å². The number of benzene rings is 2. The lowest BCUT2D eigenvalue weighted by molar-refractivity contribution is -0.387. The lowest BCUT2D eigenvalue weighted by Crippen LogP contribution is -2.54. The van der Waals surface area contributed by atoms with Crippen LogP contribution in [0, 0.1) is 27.4 Å². The Morgan fingerprint density at radius 2 is 1.82 bits per heavy atom. The Balaban J connectivity index is 1.63. The van der Waals surface area contributed by atoms with Gasteiger partial charge in [0.15, 0.2) is 22.2 Å². The first-order valence-electron chi connectivity index (χ1n) is 12.6. The largest absolute Gasteiger partial charge is 0.454 e. The number of sulfonamides is 1. The molecule has 2 aliphatic heterocycles. The summed E-state index contributed by atoms with van der Waals surface area (Å²) in [6.07, 6.45) is 2.50. The van der Waals surface area contributed by atoms with Gasteiger partial charge in [-0.15, -0.1) is 5.92 Å². The van der Waals surface area contributed by atoms with Gasteiger partial charge in [0, 0.05) is 24.3 Å². The van der Waals surface area contributed by atoms with Crippen molar-refractivity contribution in [2.75, 3.05) is 26.6 Å². The molecule has 1 fully saturated rings. The molecule has 1 saturated heterocycles. The van der Waals surface area contributed by atoms with Gasteiger partial charge in [0.25, 0.3) is 15.7 Å². The number of para-hydroxylation sites is 1. The van der Waals surface area contributed by atoms with Crippen molar-refractivity contribution in [2.45, 2.75) is 50.3 Å². The lowest BCUT2D eigenvalue weighted by atomic mass is 9.83. The van der Waals surface area contributed by atoms with E-state index in [9.17, 15) is 18.5 Å². The maximum atomic E-state index is 14.2. The highest BCUT2D eigenvalue weighted by molar-refractivity contribution is 7.89. The number of nitro groups is 1. The van der Waals surface area contributed by atoms with Gasteiger partial charge in [-0.2, -0.15) is 4.31 Å². The summed E-state index contributed by atoms with van der Waals surface area (Å²) in [7, 11) is -4.40. The average Bonchev–Trinajstić information content (AvgIpc) is 3.39. The van der Waals surface area contributed by atoms with E-state index in [-0.39, 0.29) is 25.2 Å². The van der Waals surface area contributed by atoms with Crippen LogP contribution < -0.4 is 9.47 Å². The average molecular weight is 555 g/mol. The second kappa shape index (κ2) is 10.3. The summed E-state index contributed by atoms with van der Waals surface area (Å²) in [6, 6.07) is 9.97. The quantitative estimate of drug-likeness (QED) is 0.294. The van der Waals surface area contributed by atoms with E-state index in [4.69, 9.17) is 18.9 Å². The molecule has 0 N–H and O–H groups in total. The smallest absolute Gasteiger partial charge is 0.289 e. The molecule has 0 amide bonds. The van der Waals surface area contributed by atoms with Crippen LogP contribution in [-0.2, 0) is 19.5 Å². The van der Waals surface area contributed by atoms with E-state index in [2.05, 4.69) is 11.8 Å². The Morgan fingerprint density at radius 1 is 1.10 bits per heavy atom. The Morgan fingerprint density at radius 3 is 2.54 bits per heavy atom. The van der Waals surface area contributed by atoms with Gasteiger partial charge in [0.2, 0.25) is 6.79 Å². The Hall–Kier alpha value is -3.43. The van der Waals surface area contributed by atoms with Crippen molar-refractivity contribution in [3.8, 4) is 23.3 Å². The van der Waals surface area contributed by atoms with Crippen LogP contribution in [-0.4, -0.2) is 56.0 Å². The summed E-state index contributed by atoms with van der Waals surface area (Å²) in [5, 5.41) is 11.8. The molecule has 206 valence electrons. The molecular weight excluding hydrogens is 524 g/mol. The van der Waals surface area contributed by atoms with E-state index in [0.717, 1.165) is 5.56 Å². The molecule has 3 aliphatic rings. The number of hydrogen-bond donors (Lipinski definition) is 0. The molecule has 1 spiro atoms. The minimum atomic E-state index is -4.40. The molecule has 10 nitrogen and oxygen atoms in total. The summed E-state index contributed by atoms with van der Waals surface area (Å²) in [4.78, 5) is 10.7. The number of nitrogens with zero attached hydrogens (tertiary/aromatic N) is 2. The van der Waals surface area contributed by atoms with Crippen LogP contribution in [0.5, 0.6) is 11.5 Å². The van der Waals surface area contributed by atoms with Crippen molar-refractivity contribution >= 4 is 21.3 Å². The van der Waals surface area contributed by atoms with E-state index >= 15 is 0 Å². The van der Waals surface area contributed by atoms with Crippen LogP contribution in [0.1, 0.15) is 39.2 Å². The molecular formula is C28H30N2O8S. The number of rotatable bonds is 6. The van der Waals surface area contributed by atoms with Crippen molar-refractivity contribution in [3.05, 3.63) is 64.2 Å². The Kier molecular flexibility index (Phi) is 7.15. The molecule has 0 radical (unpaired) electrons. The third kappa shape index (κ3) is 5.25. The second-order valence-corrected chi connectivity index (χ2v) is 12.4. The predicted molar refractivity (Wildman–Crippen MR) is 142 cm³/mol. The molecule has 1 aliphatic carbocycles. The molecule has 1 unspecified atom stereocenters. The second-order valence-electron chi connectivity index (χ2n) is 10.5. The number of hydrogen-bond acceptors (Lipinski definition) is 8. The summed E-state index contributed by atoms with van der Waals surface area (Å²) >= 11 is 0. The van der Waals surface area contributed by atoms with Crippen LogP contribution in [0.4, 0.5) is 5.69 Å². The van der Waals surface area contributed by atoms with Crippen molar-refractivity contribution in [1.82, 2.24) is 4.31 Å². The summed E-state index contributed by atoms with van der Waals surface area (Å²) < 4.78 is 53.2. The first-order chi connectivity index (χ1) is 18.6. The van der Waals surface area contributed by atoms with Gasteiger partial charge >= 0.3 is 0 Å².